The second kappa shape index (κ2) is 6.35. The van der Waals surface area contributed by atoms with Gasteiger partial charge in [0.25, 0.3) is 11.8 Å². The van der Waals surface area contributed by atoms with Gasteiger partial charge in [0, 0.05) is 22.6 Å². The van der Waals surface area contributed by atoms with Gasteiger partial charge in [-0.1, -0.05) is 23.8 Å². The fourth-order valence-electron chi connectivity index (χ4n) is 3.31. The highest BCUT2D eigenvalue weighted by Crippen LogP contribution is 2.42. The molecule has 0 bridgehead atoms. The van der Waals surface area contributed by atoms with Crippen molar-refractivity contribution in [2.45, 2.75) is 38.2 Å². The lowest BCUT2D eigenvalue weighted by Gasteiger charge is -2.24. The highest BCUT2D eigenvalue weighted by Gasteiger charge is 2.39. The van der Waals surface area contributed by atoms with Gasteiger partial charge >= 0.3 is 0 Å². The topological polar surface area (TPSA) is 66.4 Å². The molecule has 0 aromatic heterocycles. The second-order valence-electron chi connectivity index (χ2n) is 6.01. The highest BCUT2D eigenvalue weighted by atomic mass is 35.5. The molecule has 0 fully saturated rings. The van der Waals surface area contributed by atoms with Gasteiger partial charge in [0.1, 0.15) is 5.82 Å². The first kappa shape index (κ1) is 17.2. The molecular formula is C17H15ClFNO3S. The smallest absolute Gasteiger partial charge is 0.255 e. The van der Waals surface area contributed by atoms with Gasteiger partial charge in [-0.05, 0) is 43.9 Å². The van der Waals surface area contributed by atoms with Crippen molar-refractivity contribution in [1.82, 2.24) is 5.32 Å². The summed E-state index contributed by atoms with van der Waals surface area (Å²) >= 11 is 11.2. The number of imide groups is 1. The van der Waals surface area contributed by atoms with Gasteiger partial charge < -0.3 is 5.11 Å². The van der Waals surface area contributed by atoms with Gasteiger partial charge in [-0.25, -0.2) is 4.39 Å². The van der Waals surface area contributed by atoms with Crippen LogP contribution in [0.4, 0.5) is 4.39 Å². The van der Waals surface area contributed by atoms with E-state index < -0.39 is 29.7 Å². The molecule has 2 aliphatic rings. The fraction of sp³-hybridized carbons (Fsp3) is 0.353. The van der Waals surface area contributed by atoms with E-state index in [2.05, 4.69) is 5.32 Å². The van der Waals surface area contributed by atoms with Crippen LogP contribution in [0, 0.1) is 5.82 Å². The Bertz CT molecular complexity index is 803. The number of thiocarbonyl (C=S) groups is 1. The van der Waals surface area contributed by atoms with E-state index in [4.69, 9.17) is 23.8 Å². The van der Waals surface area contributed by atoms with Crippen molar-refractivity contribution in [3.8, 4) is 0 Å². The number of hydrogen-bond acceptors (Lipinski definition) is 4. The maximum Gasteiger partial charge on any atom is 0.255 e. The summed E-state index contributed by atoms with van der Waals surface area (Å²) in [6.07, 6.45) is 0.840. The molecule has 2 unspecified atom stereocenters. The van der Waals surface area contributed by atoms with Crippen LogP contribution in [-0.2, 0) is 9.59 Å². The van der Waals surface area contributed by atoms with Crippen molar-refractivity contribution < 1.29 is 19.1 Å². The quantitative estimate of drug-likeness (QED) is 0.490. The van der Waals surface area contributed by atoms with E-state index >= 15 is 0 Å². The predicted molar refractivity (Wildman–Crippen MR) is 91.6 cm³/mol. The first-order valence-corrected chi connectivity index (χ1v) is 8.39. The molecule has 1 heterocycles. The number of carbonyl (C=O) groups is 2. The van der Waals surface area contributed by atoms with Crippen molar-refractivity contribution in [2.75, 3.05) is 0 Å². The zero-order valence-corrected chi connectivity index (χ0v) is 14.4. The largest absolute Gasteiger partial charge is 0.388 e. The van der Waals surface area contributed by atoms with Crippen molar-refractivity contribution in [3.63, 3.8) is 0 Å². The number of halogens is 2. The summed E-state index contributed by atoms with van der Waals surface area (Å²) in [4.78, 5) is 24.2. The number of nitrogens with one attached hydrogen (secondary N) is 1. The first-order chi connectivity index (χ1) is 11.3. The molecule has 1 aliphatic heterocycles. The van der Waals surface area contributed by atoms with Crippen LogP contribution in [0.15, 0.2) is 23.3 Å². The van der Waals surface area contributed by atoms with E-state index in [1.54, 1.807) is 0 Å². The summed E-state index contributed by atoms with van der Waals surface area (Å²) in [5.74, 6) is -1.93. The molecule has 0 spiro atoms. The molecule has 1 aromatic carbocycles. The first-order valence-electron chi connectivity index (χ1n) is 7.61. The minimum atomic E-state index is -0.909. The third-order valence-corrected chi connectivity index (χ3v) is 5.32. The van der Waals surface area contributed by atoms with Gasteiger partial charge in [-0.2, -0.15) is 0 Å². The van der Waals surface area contributed by atoms with Crippen LogP contribution >= 0.6 is 23.8 Å². The molecule has 24 heavy (non-hydrogen) atoms. The summed E-state index contributed by atoms with van der Waals surface area (Å²) < 4.78 is 14.5. The molecule has 0 saturated heterocycles. The summed E-state index contributed by atoms with van der Waals surface area (Å²) in [6, 6.07) is 2.63. The van der Waals surface area contributed by atoms with Gasteiger partial charge in [-0.3, -0.25) is 14.9 Å². The molecular weight excluding hydrogens is 353 g/mol. The third-order valence-electron chi connectivity index (χ3n) is 4.45. The molecule has 4 nitrogen and oxygen atoms in total. The van der Waals surface area contributed by atoms with Crippen molar-refractivity contribution in [1.29, 1.82) is 0 Å². The van der Waals surface area contributed by atoms with Crippen LogP contribution in [-0.4, -0.2) is 27.9 Å². The average molecular weight is 368 g/mol. The average Bonchev–Trinajstić information content (AvgIpc) is 2.82. The Morgan fingerprint density at radius 3 is 2.79 bits per heavy atom. The molecule has 1 aliphatic carbocycles. The van der Waals surface area contributed by atoms with E-state index in [0.717, 1.165) is 6.07 Å². The van der Waals surface area contributed by atoms with Crippen LogP contribution in [0.5, 0.6) is 0 Å². The second-order valence-corrected chi connectivity index (χ2v) is 6.86. The number of amides is 2. The molecule has 2 N–H and O–H groups in total. The number of rotatable bonds is 3. The number of aliphatic hydroxyl groups is 1. The molecule has 7 heteroatoms. The normalized spacial score (nSPS) is 21.6. The van der Waals surface area contributed by atoms with Gasteiger partial charge in [0.15, 0.2) is 0 Å². The maximum absolute atomic E-state index is 14.5. The summed E-state index contributed by atoms with van der Waals surface area (Å²) in [6.45, 7) is 1.51. The molecule has 2 amide bonds. The SMILES string of the molecule is CC(O)C(=S)c1cc(C2CCCC3=C2C(=O)NC3=O)c(F)cc1Cl. The Hall–Kier alpha value is -1.63. The van der Waals surface area contributed by atoms with Gasteiger partial charge in [-0.15, -0.1) is 0 Å². The van der Waals surface area contributed by atoms with E-state index in [9.17, 15) is 19.1 Å². The van der Waals surface area contributed by atoms with Gasteiger partial charge in [0.05, 0.1) is 16.0 Å². The molecule has 1 aromatic rings. The standard InChI is InChI=1S/C17H15ClFNO3S/c1-7(21)15(24)11-5-10(13(19)6-12(11)18)8-3-2-4-9-14(8)17(23)20-16(9)22/h5-8,21H,2-4H2,1H3,(H,20,22,23). The predicted octanol–water partition coefficient (Wildman–Crippen LogP) is 2.80. The van der Waals surface area contributed by atoms with Crippen LogP contribution in [0.1, 0.15) is 43.2 Å². The minimum Gasteiger partial charge on any atom is -0.388 e. The minimum absolute atomic E-state index is 0.110. The molecule has 126 valence electrons. The Balaban J connectivity index is 2.12. The van der Waals surface area contributed by atoms with Crippen LogP contribution in [0.3, 0.4) is 0 Å². The monoisotopic (exact) mass is 367 g/mol. The fourth-order valence-corrected chi connectivity index (χ4v) is 3.78. The van der Waals surface area contributed by atoms with E-state index in [-0.39, 0.29) is 15.5 Å². The zero-order chi connectivity index (χ0) is 17.6. The van der Waals surface area contributed by atoms with E-state index in [1.807, 2.05) is 0 Å². The number of aliphatic hydroxyl groups excluding tert-OH is 1. The molecule has 2 atom stereocenters. The van der Waals surface area contributed by atoms with Crippen molar-refractivity contribution >= 4 is 40.5 Å². The summed E-state index contributed by atoms with van der Waals surface area (Å²) in [7, 11) is 0. The Morgan fingerprint density at radius 2 is 2.12 bits per heavy atom. The maximum atomic E-state index is 14.5. The number of hydrogen-bond donors (Lipinski definition) is 2. The molecule has 3 rings (SSSR count). The van der Waals surface area contributed by atoms with Crippen LogP contribution in [0.2, 0.25) is 5.02 Å². The molecule has 0 saturated carbocycles. The zero-order valence-electron chi connectivity index (χ0n) is 12.9. The summed E-state index contributed by atoms with van der Waals surface area (Å²) in [5.41, 5.74) is 1.41. The highest BCUT2D eigenvalue weighted by molar-refractivity contribution is 7.81. The lowest BCUT2D eigenvalue weighted by molar-refractivity contribution is -0.124. The van der Waals surface area contributed by atoms with Crippen molar-refractivity contribution in [3.05, 3.63) is 45.2 Å². The summed E-state index contributed by atoms with van der Waals surface area (Å²) in [5, 5.41) is 12.1. The van der Waals surface area contributed by atoms with Crippen LogP contribution in [0.25, 0.3) is 0 Å². The lowest BCUT2D eigenvalue weighted by Crippen LogP contribution is -2.24. The Morgan fingerprint density at radius 1 is 1.42 bits per heavy atom. The van der Waals surface area contributed by atoms with Crippen LogP contribution < -0.4 is 5.32 Å². The number of carbonyl (C=O) groups excluding carboxylic acids is 2. The third kappa shape index (κ3) is 2.79. The Labute approximate surface area is 148 Å². The number of benzene rings is 1. The molecule has 0 radical (unpaired) electrons. The van der Waals surface area contributed by atoms with E-state index in [1.165, 1.54) is 13.0 Å². The lowest BCUT2D eigenvalue weighted by atomic mass is 9.79. The Kier molecular flexibility index (Phi) is 4.55. The van der Waals surface area contributed by atoms with E-state index in [0.29, 0.717) is 36.0 Å². The van der Waals surface area contributed by atoms with Gasteiger partial charge in [0.2, 0.25) is 0 Å². The van der Waals surface area contributed by atoms with Crippen molar-refractivity contribution in [2.24, 2.45) is 0 Å².